The molecule has 20 heavy (non-hydrogen) atoms. The summed E-state index contributed by atoms with van der Waals surface area (Å²) in [5.41, 5.74) is 1.81. The first-order valence-corrected chi connectivity index (χ1v) is 7.23. The Kier molecular flexibility index (Phi) is 5.26. The van der Waals surface area contributed by atoms with Gasteiger partial charge in [-0.05, 0) is 48.9 Å². The Hall–Kier alpha value is -1.26. The van der Waals surface area contributed by atoms with Gasteiger partial charge in [0.05, 0.1) is 0 Å². The summed E-state index contributed by atoms with van der Waals surface area (Å²) >= 11 is 3.45. The van der Waals surface area contributed by atoms with Crippen LogP contribution >= 0.6 is 15.9 Å². The Morgan fingerprint density at radius 1 is 1.10 bits per heavy atom. The zero-order valence-electron chi connectivity index (χ0n) is 11.2. The predicted molar refractivity (Wildman–Crippen MR) is 80.9 cm³/mol. The number of nitrogens with one attached hydrogen (secondary N) is 1. The molecule has 0 radical (unpaired) electrons. The van der Waals surface area contributed by atoms with E-state index in [0.717, 1.165) is 22.6 Å². The van der Waals surface area contributed by atoms with Crippen molar-refractivity contribution in [1.82, 2.24) is 5.32 Å². The van der Waals surface area contributed by atoms with Gasteiger partial charge in [0.25, 0.3) is 0 Å². The van der Waals surface area contributed by atoms with Crippen LogP contribution < -0.4 is 5.32 Å². The van der Waals surface area contributed by atoms with E-state index < -0.39 is 11.6 Å². The van der Waals surface area contributed by atoms with E-state index in [1.54, 1.807) is 0 Å². The molecule has 2 rings (SSSR count). The molecule has 0 aliphatic carbocycles. The lowest BCUT2D eigenvalue weighted by atomic mass is 9.92. The van der Waals surface area contributed by atoms with Gasteiger partial charge in [0.2, 0.25) is 0 Å². The second-order valence-corrected chi connectivity index (χ2v) is 5.71. The van der Waals surface area contributed by atoms with E-state index in [4.69, 9.17) is 0 Å². The smallest absolute Gasteiger partial charge is 0.126 e. The van der Waals surface area contributed by atoms with E-state index in [-0.39, 0.29) is 5.92 Å². The maximum absolute atomic E-state index is 13.3. The van der Waals surface area contributed by atoms with Crippen LogP contribution in [0, 0.1) is 11.6 Å². The normalized spacial score (nSPS) is 12.4. The first-order valence-electron chi connectivity index (χ1n) is 6.43. The number of benzene rings is 2. The van der Waals surface area contributed by atoms with E-state index in [1.165, 1.54) is 12.1 Å². The molecule has 2 aromatic carbocycles. The molecule has 106 valence electrons. The number of hydrogen-bond donors (Lipinski definition) is 1. The predicted octanol–water partition coefficient (Wildman–Crippen LogP) is 4.27. The van der Waals surface area contributed by atoms with E-state index in [2.05, 4.69) is 21.2 Å². The maximum Gasteiger partial charge on any atom is 0.126 e. The third-order valence-electron chi connectivity index (χ3n) is 3.18. The summed E-state index contributed by atoms with van der Waals surface area (Å²) in [6, 6.07) is 11.7. The third kappa shape index (κ3) is 4.12. The lowest BCUT2D eigenvalue weighted by molar-refractivity contribution is 0.571. The van der Waals surface area contributed by atoms with Crippen LogP contribution in [-0.4, -0.2) is 13.6 Å². The highest BCUT2D eigenvalue weighted by Crippen LogP contribution is 2.24. The molecule has 1 nitrogen and oxygen atoms in total. The van der Waals surface area contributed by atoms with Crippen molar-refractivity contribution in [2.45, 2.75) is 12.3 Å². The van der Waals surface area contributed by atoms with Crippen molar-refractivity contribution in [3.63, 3.8) is 0 Å². The highest BCUT2D eigenvalue weighted by Gasteiger charge is 2.13. The van der Waals surface area contributed by atoms with E-state index in [0.29, 0.717) is 12.0 Å². The van der Waals surface area contributed by atoms with Crippen molar-refractivity contribution < 1.29 is 8.78 Å². The summed E-state index contributed by atoms with van der Waals surface area (Å²) in [7, 11) is 1.87. The van der Waals surface area contributed by atoms with Gasteiger partial charge in [-0.25, -0.2) is 8.78 Å². The minimum absolute atomic E-state index is 0.165. The van der Waals surface area contributed by atoms with E-state index >= 15 is 0 Å². The monoisotopic (exact) mass is 339 g/mol. The van der Waals surface area contributed by atoms with Crippen molar-refractivity contribution in [2.75, 3.05) is 13.6 Å². The molecule has 0 amide bonds. The fourth-order valence-corrected chi connectivity index (χ4v) is 2.75. The highest BCUT2D eigenvalue weighted by molar-refractivity contribution is 9.10. The van der Waals surface area contributed by atoms with Gasteiger partial charge in [-0.1, -0.05) is 28.1 Å². The average Bonchev–Trinajstić information content (AvgIpc) is 2.37. The van der Waals surface area contributed by atoms with Crippen LogP contribution in [0.4, 0.5) is 8.78 Å². The largest absolute Gasteiger partial charge is 0.319 e. The van der Waals surface area contributed by atoms with Gasteiger partial charge in [-0.2, -0.15) is 0 Å². The minimum atomic E-state index is -0.530. The first-order chi connectivity index (χ1) is 9.58. The SMILES string of the molecule is CNCC(Cc1cc(F)cc(F)c1)c1cccc(Br)c1. The molecule has 2 aromatic rings. The van der Waals surface area contributed by atoms with Crippen molar-refractivity contribution in [3.05, 3.63) is 69.7 Å². The van der Waals surface area contributed by atoms with Crippen LogP contribution in [0.15, 0.2) is 46.9 Å². The molecule has 1 N–H and O–H groups in total. The fraction of sp³-hybridized carbons (Fsp3) is 0.250. The maximum atomic E-state index is 13.3. The molecule has 0 saturated carbocycles. The lowest BCUT2D eigenvalue weighted by Crippen LogP contribution is -2.19. The van der Waals surface area contributed by atoms with E-state index in [9.17, 15) is 8.78 Å². The van der Waals surface area contributed by atoms with Crippen LogP contribution in [0.1, 0.15) is 17.0 Å². The zero-order chi connectivity index (χ0) is 14.5. The Balaban J connectivity index is 2.25. The van der Waals surface area contributed by atoms with Gasteiger partial charge in [0.1, 0.15) is 11.6 Å². The quantitative estimate of drug-likeness (QED) is 0.857. The molecule has 0 heterocycles. The van der Waals surface area contributed by atoms with Crippen molar-refractivity contribution in [2.24, 2.45) is 0 Å². The van der Waals surface area contributed by atoms with Gasteiger partial charge in [0.15, 0.2) is 0 Å². The van der Waals surface area contributed by atoms with Crippen LogP contribution in [0.25, 0.3) is 0 Å². The van der Waals surface area contributed by atoms with E-state index in [1.807, 2.05) is 31.3 Å². The first kappa shape index (κ1) is 15.1. The van der Waals surface area contributed by atoms with Crippen molar-refractivity contribution in [1.29, 1.82) is 0 Å². The number of rotatable bonds is 5. The summed E-state index contributed by atoms with van der Waals surface area (Å²) in [6.45, 7) is 0.745. The molecule has 0 saturated heterocycles. The standard InChI is InChI=1S/C16H16BrF2N/c1-20-10-13(12-3-2-4-14(17)8-12)5-11-6-15(18)9-16(19)7-11/h2-4,6-9,13,20H,5,10H2,1H3. The highest BCUT2D eigenvalue weighted by atomic mass is 79.9. The Morgan fingerprint density at radius 3 is 2.40 bits per heavy atom. The molecule has 0 aromatic heterocycles. The molecule has 1 atom stereocenters. The molecular weight excluding hydrogens is 324 g/mol. The van der Waals surface area contributed by atoms with Gasteiger partial charge >= 0.3 is 0 Å². The summed E-state index contributed by atoms with van der Waals surface area (Å²) in [4.78, 5) is 0. The fourth-order valence-electron chi connectivity index (χ4n) is 2.33. The molecule has 4 heteroatoms. The minimum Gasteiger partial charge on any atom is -0.319 e. The molecule has 0 bridgehead atoms. The van der Waals surface area contributed by atoms with Crippen LogP contribution in [0.5, 0.6) is 0 Å². The van der Waals surface area contributed by atoms with Crippen LogP contribution in [0.3, 0.4) is 0 Å². The molecule has 1 unspecified atom stereocenters. The number of hydrogen-bond acceptors (Lipinski definition) is 1. The van der Waals surface area contributed by atoms with Crippen LogP contribution in [0.2, 0.25) is 0 Å². The van der Waals surface area contributed by atoms with Crippen LogP contribution in [-0.2, 0) is 6.42 Å². The third-order valence-corrected chi connectivity index (χ3v) is 3.67. The number of likely N-dealkylation sites (N-methyl/N-ethyl adjacent to an activating group) is 1. The molecule has 0 aliphatic rings. The molecular formula is C16H16BrF2N. The summed E-state index contributed by atoms with van der Waals surface area (Å²) in [6.07, 6.45) is 0.589. The molecule has 0 aliphatic heterocycles. The van der Waals surface area contributed by atoms with Gasteiger partial charge in [-0.15, -0.1) is 0 Å². The molecule has 0 spiro atoms. The number of halogens is 3. The summed E-state index contributed by atoms with van der Waals surface area (Å²) in [5.74, 6) is -0.895. The average molecular weight is 340 g/mol. The summed E-state index contributed by atoms with van der Waals surface area (Å²) in [5, 5.41) is 3.13. The Bertz CT molecular complexity index is 566. The lowest BCUT2D eigenvalue weighted by Gasteiger charge is -2.17. The Labute approximate surface area is 126 Å². The van der Waals surface area contributed by atoms with Gasteiger partial charge in [0, 0.05) is 23.0 Å². The topological polar surface area (TPSA) is 12.0 Å². The zero-order valence-corrected chi connectivity index (χ0v) is 12.8. The molecule has 0 fully saturated rings. The second kappa shape index (κ2) is 6.95. The summed E-state index contributed by atoms with van der Waals surface area (Å²) < 4.78 is 27.5. The van der Waals surface area contributed by atoms with Crippen molar-refractivity contribution in [3.8, 4) is 0 Å². The Morgan fingerprint density at radius 2 is 1.80 bits per heavy atom. The van der Waals surface area contributed by atoms with Gasteiger partial charge < -0.3 is 5.32 Å². The van der Waals surface area contributed by atoms with Gasteiger partial charge in [-0.3, -0.25) is 0 Å². The van der Waals surface area contributed by atoms with Crippen molar-refractivity contribution >= 4 is 15.9 Å². The second-order valence-electron chi connectivity index (χ2n) is 4.79.